The Morgan fingerprint density at radius 2 is 2.09 bits per heavy atom. The first kappa shape index (κ1) is 25.0. The van der Waals surface area contributed by atoms with Crippen molar-refractivity contribution in [2.75, 3.05) is 31.6 Å². The zero-order valence-corrected chi connectivity index (χ0v) is 21.0. The van der Waals surface area contributed by atoms with Crippen molar-refractivity contribution in [2.45, 2.75) is 46.6 Å². The van der Waals surface area contributed by atoms with E-state index in [-0.39, 0.29) is 28.9 Å². The van der Waals surface area contributed by atoms with E-state index in [9.17, 15) is 19.6 Å². The Balaban J connectivity index is 2.22. The molecule has 3 heterocycles. The summed E-state index contributed by atoms with van der Waals surface area (Å²) in [4.78, 5) is 42.3. The molecule has 2 aliphatic heterocycles. The van der Waals surface area contributed by atoms with Crippen LogP contribution in [-0.4, -0.2) is 52.4 Å². The van der Waals surface area contributed by atoms with Crippen LogP contribution in [0.1, 0.15) is 49.8 Å². The lowest BCUT2D eigenvalue weighted by Gasteiger charge is -2.36. The van der Waals surface area contributed by atoms with Crippen LogP contribution >= 0.6 is 24.0 Å². The highest BCUT2D eigenvalue weighted by Gasteiger charge is 2.33. The topological polar surface area (TPSA) is 95.6 Å². The summed E-state index contributed by atoms with van der Waals surface area (Å²) in [5, 5.41) is 9.73. The van der Waals surface area contributed by atoms with E-state index in [1.807, 2.05) is 17.9 Å². The number of esters is 1. The first-order chi connectivity index (χ1) is 15.7. The van der Waals surface area contributed by atoms with Gasteiger partial charge in [-0.15, -0.1) is 0 Å². The third-order valence-electron chi connectivity index (χ3n) is 5.90. The summed E-state index contributed by atoms with van der Waals surface area (Å²) in [5.41, 5.74) is 0.859. The molecule has 0 bridgehead atoms. The van der Waals surface area contributed by atoms with E-state index < -0.39 is 0 Å². The number of aromatic nitrogens is 1. The van der Waals surface area contributed by atoms with E-state index in [1.54, 1.807) is 31.5 Å². The van der Waals surface area contributed by atoms with E-state index in [0.29, 0.717) is 65.3 Å². The lowest BCUT2D eigenvalue weighted by atomic mass is 9.96. The highest BCUT2D eigenvalue weighted by Crippen LogP contribution is 2.36. The molecule has 8 nitrogen and oxygen atoms in total. The van der Waals surface area contributed by atoms with Crippen molar-refractivity contribution in [2.24, 2.45) is 5.92 Å². The monoisotopic (exact) mass is 488 g/mol. The summed E-state index contributed by atoms with van der Waals surface area (Å²) < 4.78 is 7.31. The lowest BCUT2D eigenvalue weighted by Crippen LogP contribution is -2.43. The number of hydrogen-bond acceptors (Lipinski definition) is 8. The fourth-order valence-corrected chi connectivity index (χ4v) is 5.38. The van der Waals surface area contributed by atoms with Gasteiger partial charge in [0.1, 0.15) is 21.8 Å². The van der Waals surface area contributed by atoms with Gasteiger partial charge in [0.25, 0.3) is 11.5 Å². The fraction of sp³-hybridized carbons (Fsp3) is 0.522. The van der Waals surface area contributed by atoms with Crippen molar-refractivity contribution in [1.82, 2.24) is 9.47 Å². The highest BCUT2D eigenvalue weighted by molar-refractivity contribution is 8.26. The molecule has 2 fully saturated rings. The smallest absolute Gasteiger partial charge is 0.310 e. The number of hydrogen-bond donors (Lipinski definition) is 0. The average Bonchev–Trinajstić information content (AvgIpc) is 3.04. The first-order valence-corrected chi connectivity index (χ1v) is 12.3. The summed E-state index contributed by atoms with van der Waals surface area (Å²) in [5.74, 6) is -0.134. The number of pyridine rings is 1. The number of anilines is 1. The molecule has 0 spiro atoms. The Bertz CT molecular complexity index is 1120. The van der Waals surface area contributed by atoms with Gasteiger partial charge in [0.15, 0.2) is 0 Å². The molecule has 0 saturated carbocycles. The van der Waals surface area contributed by atoms with Crippen molar-refractivity contribution >= 4 is 52.1 Å². The first-order valence-electron chi connectivity index (χ1n) is 11.1. The van der Waals surface area contributed by atoms with Crippen molar-refractivity contribution < 1.29 is 14.3 Å². The lowest BCUT2D eigenvalue weighted by molar-refractivity contribution is -0.148. The van der Waals surface area contributed by atoms with Crippen LogP contribution in [-0.2, 0) is 20.9 Å². The zero-order valence-electron chi connectivity index (χ0n) is 19.3. The van der Waals surface area contributed by atoms with Gasteiger partial charge in [-0.2, -0.15) is 5.26 Å². The summed E-state index contributed by atoms with van der Waals surface area (Å²) in [7, 11) is 1.62. The number of nitrogens with zero attached hydrogens (tertiary/aromatic N) is 4. The van der Waals surface area contributed by atoms with E-state index in [0.717, 1.165) is 6.42 Å². The Labute approximate surface area is 203 Å². The van der Waals surface area contributed by atoms with Crippen LogP contribution in [0, 0.1) is 24.2 Å². The minimum absolute atomic E-state index is 0.0596. The van der Waals surface area contributed by atoms with Gasteiger partial charge >= 0.3 is 5.97 Å². The molecule has 1 atom stereocenters. The van der Waals surface area contributed by atoms with Crippen molar-refractivity contribution in [3.05, 3.63) is 31.9 Å². The summed E-state index contributed by atoms with van der Waals surface area (Å²) >= 11 is 6.46. The SMILES string of the molecule is CCCn1c(N2CCCC(C(=O)OCC)C2)c(/C=C2/SC(=S)N(C)C2=O)c(C)c(C#N)c1=O. The van der Waals surface area contributed by atoms with Crippen LogP contribution in [0.3, 0.4) is 0 Å². The van der Waals surface area contributed by atoms with Crippen LogP contribution in [0.15, 0.2) is 9.70 Å². The number of thiocarbonyl (C=S) groups is 1. The van der Waals surface area contributed by atoms with Crippen LogP contribution < -0.4 is 10.5 Å². The largest absolute Gasteiger partial charge is 0.466 e. The van der Waals surface area contributed by atoms with Gasteiger partial charge in [0, 0.05) is 32.2 Å². The number of piperidine rings is 1. The maximum Gasteiger partial charge on any atom is 0.310 e. The standard InChI is InChI=1S/C23H28N4O4S2/c1-5-9-27-19(26-10-7-8-15(13-26)22(30)31-6-2)16(14(3)17(12-24)20(27)28)11-18-21(29)25(4)23(32)33-18/h11,15H,5-10,13H2,1-4H3/b18-11+. The van der Waals surface area contributed by atoms with Crippen LogP contribution in [0.4, 0.5) is 5.82 Å². The van der Waals surface area contributed by atoms with Crippen molar-refractivity contribution in [3.63, 3.8) is 0 Å². The minimum atomic E-state index is -0.356. The maximum atomic E-state index is 13.3. The molecule has 0 aromatic carbocycles. The van der Waals surface area contributed by atoms with E-state index in [1.165, 1.54) is 16.7 Å². The van der Waals surface area contributed by atoms with Crippen molar-refractivity contribution in [3.8, 4) is 6.07 Å². The molecule has 0 aliphatic carbocycles. The van der Waals surface area contributed by atoms with Gasteiger partial charge in [0.2, 0.25) is 0 Å². The third kappa shape index (κ3) is 4.84. The molecule has 2 aliphatic rings. The number of carbonyl (C=O) groups is 2. The summed E-state index contributed by atoms with van der Waals surface area (Å²) in [6.07, 6.45) is 3.90. The molecular weight excluding hydrogens is 460 g/mol. The van der Waals surface area contributed by atoms with E-state index >= 15 is 0 Å². The minimum Gasteiger partial charge on any atom is -0.466 e. The molecule has 0 radical (unpaired) electrons. The molecule has 1 unspecified atom stereocenters. The molecule has 10 heteroatoms. The van der Waals surface area contributed by atoms with Gasteiger partial charge in [-0.3, -0.25) is 23.9 Å². The molecular formula is C23H28N4O4S2. The second-order valence-corrected chi connectivity index (χ2v) is 9.76. The predicted octanol–water partition coefficient (Wildman–Crippen LogP) is 3.05. The molecule has 0 N–H and O–H groups in total. The predicted molar refractivity (Wildman–Crippen MR) is 133 cm³/mol. The average molecular weight is 489 g/mol. The van der Waals surface area contributed by atoms with Crippen molar-refractivity contribution in [1.29, 1.82) is 5.26 Å². The molecule has 1 amide bonds. The number of rotatable bonds is 6. The Morgan fingerprint density at radius 1 is 1.36 bits per heavy atom. The summed E-state index contributed by atoms with van der Waals surface area (Å²) in [6, 6.07) is 2.05. The van der Waals surface area contributed by atoms with E-state index in [4.69, 9.17) is 17.0 Å². The Hall–Kier alpha value is -2.64. The highest BCUT2D eigenvalue weighted by atomic mass is 32.2. The fourth-order valence-electron chi connectivity index (χ4n) is 4.21. The molecule has 1 aromatic rings. The maximum absolute atomic E-state index is 13.3. The van der Waals surface area contributed by atoms with Crippen LogP contribution in [0.5, 0.6) is 0 Å². The molecule has 33 heavy (non-hydrogen) atoms. The van der Waals surface area contributed by atoms with Gasteiger partial charge in [0.05, 0.1) is 17.4 Å². The molecule has 1 aromatic heterocycles. The number of likely N-dealkylation sites (N-methyl/N-ethyl adjacent to an activating group) is 1. The van der Waals surface area contributed by atoms with Gasteiger partial charge in [-0.1, -0.05) is 30.9 Å². The Morgan fingerprint density at radius 3 is 2.67 bits per heavy atom. The van der Waals surface area contributed by atoms with Crippen LogP contribution in [0.2, 0.25) is 0 Å². The molecule has 176 valence electrons. The zero-order chi connectivity index (χ0) is 24.3. The quantitative estimate of drug-likeness (QED) is 0.343. The molecule has 2 saturated heterocycles. The van der Waals surface area contributed by atoms with Gasteiger partial charge in [-0.05, 0) is 44.7 Å². The number of ether oxygens (including phenoxy) is 1. The van der Waals surface area contributed by atoms with Crippen LogP contribution in [0.25, 0.3) is 6.08 Å². The van der Waals surface area contributed by atoms with Gasteiger partial charge < -0.3 is 9.64 Å². The third-order valence-corrected chi connectivity index (χ3v) is 7.38. The number of thioether (sulfide) groups is 1. The second-order valence-electron chi connectivity index (χ2n) is 8.08. The number of amides is 1. The molecule has 3 rings (SSSR count). The number of nitriles is 1. The summed E-state index contributed by atoms with van der Waals surface area (Å²) in [6.45, 7) is 7.26. The normalized spacial score (nSPS) is 19.8. The van der Waals surface area contributed by atoms with Gasteiger partial charge in [-0.25, -0.2) is 0 Å². The number of carbonyl (C=O) groups excluding carboxylic acids is 2. The Kier molecular flexibility index (Phi) is 7.97. The van der Waals surface area contributed by atoms with E-state index in [2.05, 4.69) is 0 Å². The second kappa shape index (κ2) is 10.5.